The van der Waals surface area contributed by atoms with Crippen molar-refractivity contribution in [3.63, 3.8) is 0 Å². The molecule has 10 heteroatoms. The van der Waals surface area contributed by atoms with Crippen LogP contribution in [0.1, 0.15) is 42.6 Å². The van der Waals surface area contributed by atoms with Crippen LogP contribution in [0.3, 0.4) is 0 Å². The molecule has 2 aliphatic rings. The Morgan fingerprint density at radius 1 is 0.949 bits per heavy atom. The monoisotopic (exact) mass is 540 g/mol. The van der Waals surface area contributed by atoms with E-state index in [2.05, 4.69) is 10.1 Å². The van der Waals surface area contributed by atoms with Crippen LogP contribution in [0.4, 0.5) is 18.9 Å². The van der Waals surface area contributed by atoms with Crippen molar-refractivity contribution < 1.29 is 37.0 Å². The molecule has 2 amide bonds. The summed E-state index contributed by atoms with van der Waals surface area (Å²) in [5.74, 6) is 0.338. The molecule has 5 rings (SSSR count). The molecule has 1 N–H and O–H groups in total. The van der Waals surface area contributed by atoms with Gasteiger partial charge in [-0.05, 0) is 80.3 Å². The van der Waals surface area contributed by atoms with Gasteiger partial charge in [-0.15, -0.1) is 13.2 Å². The highest BCUT2D eigenvalue weighted by molar-refractivity contribution is 6.02. The van der Waals surface area contributed by atoms with Gasteiger partial charge in [0.15, 0.2) is 11.5 Å². The van der Waals surface area contributed by atoms with Gasteiger partial charge in [-0.25, -0.2) is 0 Å². The predicted molar refractivity (Wildman–Crippen MR) is 138 cm³/mol. The van der Waals surface area contributed by atoms with E-state index in [-0.39, 0.29) is 24.2 Å². The number of anilines is 1. The van der Waals surface area contributed by atoms with Crippen LogP contribution in [-0.2, 0) is 10.2 Å². The molecule has 0 aromatic heterocycles. The molecule has 1 fully saturated rings. The SMILES string of the molecule is CCN(CC)C(=O)c1ccc(-c2cc(NC(=O)C3(c4ccc5c(c4)OCO5)CC3)ccc2OC(F)(F)F)cc1. The smallest absolute Gasteiger partial charge is 0.454 e. The fraction of sp³-hybridized carbons (Fsp3) is 0.310. The maximum atomic E-state index is 13.4. The Kier molecular flexibility index (Phi) is 6.88. The predicted octanol–water partition coefficient (Wildman–Crippen LogP) is 6.13. The summed E-state index contributed by atoms with van der Waals surface area (Å²) in [6.45, 7) is 4.94. The van der Waals surface area contributed by atoms with Crippen molar-refractivity contribution in [1.82, 2.24) is 4.90 Å². The second-order valence-electron chi connectivity index (χ2n) is 9.42. The molecule has 0 unspecified atom stereocenters. The van der Waals surface area contributed by atoms with E-state index in [0.717, 1.165) is 5.56 Å². The van der Waals surface area contributed by atoms with E-state index in [9.17, 15) is 22.8 Å². The summed E-state index contributed by atoms with van der Waals surface area (Å²) < 4.78 is 54.6. The largest absolute Gasteiger partial charge is 0.573 e. The number of fused-ring (bicyclic) bond motifs is 1. The first kappa shape index (κ1) is 26.4. The van der Waals surface area contributed by atoms with Gasteiger partial charge in [-0.1, -0.05) is 18.2 Å². The number of nitrogens with zero attached hydrogens (tertiary/aromatic N) is 1. The lowest BCUT2D eigenvalue weighted by Gasteiger charge is -2.19. The first-order valence-corrected chi connectivity index (χ1v) is 12.6. The van der Waals surface area contributed by atoms with Crippen molar-refractivity contribution in [1.29, 1.82) is 0 Å². The maximum Gasteiger partial charge on any atom is 0.573 e. The van der Waals surface area contributed by atoms with Crippen LogP contribution in [0.25, 0.3) is 11.1 Å². The second kappa shape index (κ2) is 10.2. The molecule has 0 spiro atoms. The summed E-state index contributed by atoms with van der Waals surface area (Å²) in [6, 6.07) is 15.6. The average molecular weight is 541 g/mol. The number of carbonyl (C=O) groups is 2. The molecule has 3 aromatic rings. The summed E-state index contributed by atoms with van der Waals surface area (Å²) >= 11 is 0. The van der Waals surface area contributed by atoms with Gasteiger partial charge in [0.2, 0.25) is 12.7 Å². The lowest BCUT2D eigenvalue weighted by atomic mass is 9.94. The summed E-state index contributed by atoms with van der Waals surface area (Å²) in [7, 11) is 0. The molecule has 7 nitrogen and oxygen atoms in total. The lowest BCUT2D eigenvalue weighted by Crippen LogP contribution is -2.30. The first-order valence-electron chi connectivity index (χ1n) is 12.6. The highest BCUT2D eigenvalue weighted by Gasteiger charge is 2.51. The van der Waals surface area contributed by atoms with Gasteiger partial charge in [0, 0.05) is 29.9 Å². The summed E-state index contributed by atoms with van der Waals surface area (Å²) in [5.41, 5.74) is 1.30. The van der Waals surface area contributed by atoms with E-state index in [1.807, 2.05) is 19.9 Å². The molecular formula is C29H27F3N2O5. The molecule has 1 aliphatic heterocycles. The number of alkyl halides is 3. The minimum absolute atomic E-state index is 0.123. The third-order valence-electron chi connectivity index (χ3n) is 7.07. The average Bonchev–Trinajstić information content (AvgIpc) is 3.60. The van der Waals surface area contributed by atoms with Crippen LogP contribution in [0, 0.1) is 0 Å². The van der Waals surface area contributed by atoms with Crippen LogP contribution in [0.2, 0.25) is 0 Å². The number of benzene rings is 3. The zero-order valence-corrected chi connectivity index (χ0v) is 21.4. The topological polar surface area (TPSA) is 77.1 Å². The molecular weight excluding hydrogens is 513 g/mol. The zero-order chi connectivity index (χ0) is 27.8. The van der Waals surface area contributed by atoms with Crippen LogP contribution in [-0.4, -0.2) is 43.0 Å². The van der Waals surface area contributed by atoms with Gasteiger partial charge in [-0.2, -0.15) is 0 Å². The highest BCUT2D eigenvalue weighted by atomic mass is 19.4. The number of carbonyl (C=O) groups excluding carboxylic acids is 2. The third kappa shape index (κ3) is 5.36. The Hall–Kier alpha value is -4.21. The molecule has 1 saturated carbocycles. The van der Waals surface area contributed by atoms with Gasteiger partial charge >= 0.3 is 6.36 Å². The van der Waals surface area contributed by atoms with E-state index in [1.54, 1.807) is 41.3 Å². The number of nitrogens with one attached hydrogen (secondary N) is 1. The van der Waals surface area contributed by atoms with Crippen molar-refractivity contribution in [3.05, 3.63) is 71.8 Å². The normalized spacial score (nSPS) is 15.0. The quantitative estimate of drug-likeness (QED) is 0.372. The van der Waals surface area contributed by atoms with E-state index in [1.165, 1.54) is 18.2 Å². The Bertz CT molecular complexity index is 1400. The summed E-state index contributed by atoms with van der Waals surface area (Å²) in [6.07, 6.45) is -3.65. The van der Waals surface area contributed by atoms with Gasteiger partial charge in [0.25, 0.3) is 5.91 Å². The first-order chi connectivity index (χ1) is 18.6. The van der Waals surface area contributed by atoms with Crippen LogP contribution < -0.4 is 19.5 Å². The van der Waals surface area contributed by atoms with Crippen LogP contribution in [0.15, 0.2) is 60.7 Å². The standard InChI is InChI=1S/C29H27F3N2O5/c1-3-34(4-2)26(35)19-7-5-18(6-8-19)22-16-21(10-12-23(22)39-29(30,31)32)33-27(36)28(13-14-28)20-9-11-24-25(15-20)38-17-37-24/h5-12,15-16H,3-4,13-14,17H2,1-2H3,(H,33,36). The highest BCUT2D eigenvalue weighted by Crippen LogP contribution is 2.51. The van der Waals surface area contributed by atoms with E-state index < -0.39 is 17.5 Å². The second-order valence-corrected chi connectivity index (χ2v) is 9.42. The van der Waals surface area contributed by atoms with Gasteiger partial charge in [0.05, 0.1) is 5.41 Å². The van der Waals surface area contributed by atoms with E-state index in [0.29, 0.717) is 54.2 Å². The van der Waals surface area contributed by atoms with Crippen molar-refractivity contribution in [2.24, 2.45) is 0 Å². The van der Waals surface area contributed by atoms with Gasteiger partial charge < -0.3 is 24.4 Å². The van der Waals surface area contributed by atoms with Gasteiger partial charge in [-0.3, -0.25) is 9.59 Å². The van der Waals surface area contributed by atoms with Gasteiger partial charge in [0.1, 0.15) is 5.75 Å². The summed E-state index contributed by atoms with van der Waals surface area (Å²) in [4.78, 5) is 27.7. The lowest BCUT2D eigenvalue weighted by molar-refractivity contribution is -0.274. The molecule has 3 aromatic carbocycles. The molecule has 0 bridgehead atoms. The Balaban J connectivity index is 1.42. The van der Waals surface area contributed by atoms with Crippen molar-refractivity contribution in [2.75, 3.05) is 25.2 Å². The number of amides is 2. The molecule has 204 valence electrons. The Labute approximate surface area is 223 Å². The van der Waals surface area contributed by atoms with Crippen LogP contribution >= 0.6 is 0 Å². The maximum absolute atomic E-state index is 13.4. The van der Waals surface area contributed by atoms with Crippen molar-refractivity contribution in [2.45, 2.75) is 38.5 Å². The Morgan fingerprint density at radius 3 is 2.28 bits per heavy atom. The molecule has 0 saturated heterocycles. The minimum atomic E-state index is -4.91. The molecule has 0 atom stereocenters. The van der Waals surface area contributed by atoms with Crippen LogP contribution in [0.5, 0.6) is 17.2 Å². The number of ether oxygens (including phenoxy) is 3. The molecule has 1 aliphatic carbocycles. The fourth-order valence-electron chi connectivity index (χ4n) is 4.75. The minimum Gasteiger partial charge on any atom is -0.454 e. The van der Waals surface area contributed by atoms with E-state index in [4.69, 9.17) is 9.47 Å². The van der Waals surface area contributed by atoms with Crippen molar-refractivity contribution in [3.8, 4) is 28.4 Å². The fourth-order valence-corrected chi connectivity index (χ4v) is 4.75. The molecule has 39 heavy (non-hydrogen) atoms. The summed E-state index contributed by atoms with van der Waals surface area (Å²) in [5, 5.41) is 2.86. The van der Waals surface area contributed by atoms with Crippen molar-refractivity contribution >= 4 is 17.5 Å². The molecule has 0 radical (unpaired) electrons. The molecule has 1 heterocycles. The zero-order valence-electron chi connectivity index (χ0n) is 21.4. The number of halogens is 3. The van der Waals surface area contributed by atoms with E-state index >= 15 is 0 Å². The number of hydrogen-bond acceptors (Lipinski definition) is 5. The number of hydrogen-bond donors (Lipinski definition) is 1. The Morgan fingerprint density at radius 2 is 1.64 bits per heavy atom. The number of rotatable bonds is 8. The third-order valence-corrected chi connectivity index (χ3v) is 7.07.